The Labute approximate surface area is 130 Å². The van der Waals surface area contributed by atoms with Gasteiger partial charge in [-0.2, -0.15) is 0 Å². The number of rotatable bonds is 6. The fourth-order valence-corrected chi connectivity index (χ4v) is 1.91. The van der Waals surface area contributed by atoms with Gasteiger partial charge in [-0.05, 0) is 37.1 Å². The normalized spacial score (nSPS) is 13.5. The number of nitrogens with one attached hydrogen (secondary N) is 2. The van der Waals surface area contributed by atoms with Crippen LogP contribution in [0.3, 0.4) is 0 Å². The Morgan fingerprint density at radius 3 is 2.64 bits per heavy atom. The predicted octanol–water partition coefficient (Wildman–Crippen LogP) is 2.82. The lowest BCUT2D eigenvalue weighted by atomic mass is 9.99. The van der Waals surface area contributed by atoms with Gasteiger partial charge in [0.25, 0.3) is 0 Å². The highest BCUT2D eigenvalue weighted by atomic mass is 16.5. The Kier molecular flexibility index (Phi) is 5.16. The average molecular weight is 302 g/mol. The number of aromatic nitrogens is 2. The van der Waals surface area contributed by atoms with E-state index in [1.54, 1.807) is 30.3 Å². The second-order valence-electron chi connectivity index (χ2n) is 5.42. The summed E-state index contributed by atoms with van der Waals surface area (Å²) >= 11 is 0. The van der Waals surface area contributed by atoms with E-state index in [2.05, 4.69) is 15.5 Å². The lowest BCUT2D eigenvalue weighted by molar-refractivity contribution is -0.118. The number of nitrogens with two attached hydrogens (primary N) is 1. The van der Waals surface area contributed by atoms with Crippen LogP contribution >= 0.6 is 0 Å². The number of hydrogen-bond donors (Lipinski definition) is 3. The van der Waals surface area contributed by atoms with Crippen molar-refractivity contribution in [1.82, 2.24) is 10.2 Å². The fourth-order valence-electron chi connectivity index (χ4n) is 1.91. The van der Waals surface area contributed by atoms with E-state index in [0.717, 1.165) is 12.1 Å². The summed E-state index contributed by atoms with van der Waals surface area (Å²) in [5, 5.41) is 9.62. The maximum absolute atomic E-state index is 12.0. The maximum Gasteiger partial charge on any atom is 0.241 e. The van der Waals surface area contributed by atoms with Crippen molar-refractivity contribution in [3.8, 4) is 11.6 Å². The molecule has 0 saturated heterocycles. The average Bonchev–Trinajstić information content (AvgIpc) is 2.92. The molecule has 0 bridgehead atoms. The molecule has 0 fully saturated rings. The Morgan fingerprint density at radius 1 is 1.41 bits per heavy atom. The topological polar surface area (TPSA) is 93.0 Å². The third-order valence-corrected chi connectivity index (χ3v) is 3.59. The van der Waals surface area contributed by atoms with Gasteiger partial charge in [-0.3, -0.25) is 9.89 Å². The first-order valence-electron chi connectivity index (χ1n) is 7.36. The predicted molar refractivity (Wildman–Crippen MR) is 85.9 cm³/mol. The molecule has 22 heavy (non-hydrogen) atoms. The van der Waals surface area contributed by atoms with Crippen LogP contribution in [0.4, 0.5) is 5.69 Å². The van der Waals surface area contributed by atoms with E-state index in [9.17, 15) is 4.79 Å². The van der Waals surface area contributed by atoms with Crippen LogP contribution in [0.25, 0.3) is 0 Å². The number of amides is 1. The van der Waals surface area contributed by atoms with Crippen LogP contribution in [0, 0.1) is 12.8 Å². The van der Waals surface area contributed by atoms with Gasteiger partial charge in [0.1, 0.15) is 5.75 Å². The lowest BCUT2D eigenvalue weighted by Gasteiger charge is -2.17. The van der Waals surface area contributed by atoms with Gasteiger partial charge in [0, 0.05) is 17.4 Å². The highest BCUT2D eigenvalue weighted by Gasteiger charge is 2.19. The minimum absolute atomic E-state index is 0.144. The summed E-state index contributed by atoms with van der Waals surface area (Å²) in [4.78, 5) is 12.0. The van der Waals surface area contributed by atoms with E-state index >= 15 is 0 Å². The third-order valence-electron chi connectivity index (χ3n) is 3.59. The first-order valence-corrected chi connectivity index (χ1v) is 7.36. The Hall–Kier alpha value is -2.34. The Bertz CT molecular complexity index is 621. The van der Waals surface area contributed by atoms with Gasteiger partial charge in [-0.1, -0.05) is 20.3 Å². The number of benzene rings is 1. The van der Waals surface area contributed by atoms with Crippen LogP contribution in [-0.2, 0) is 4.79 Å². The summed E-state index contributed by atoms with van der Waals surface area (Å²) < 4.78 is 5.58. The van der Waals surface area contributed by atoms with E-state index in [0.29, 0.717) is 17.3 Å². The van der Waals surface area contributed by atoms with Crippen molar-refractivity contribution in [3.05, 3.63) is 36.0 Å². The number of carbonyl (C=O) groups excluding carboxylic acids is 1. The fraction of sp³-hybridized carbons (Fsp3) is 0.375. The summed E-state index contributed by atoms with van der Waals surface area (Å²) in [6.07, 6.45) is 0.866. The molecule has 0 radical (unpaired) electrons. The molecule has 0 aliphatic carbocycles. The molecule has 6 nitrogen and oxygen atoms in total. The van der Waals surface area contributed by atoms with Gasteiger partial charge < -0.3 is 15.8 Å². The van der Waals surface area contributed by atoms with Crippen molar-refractivity contribution < 1.29 is 9.53 Å². The van der Waals surface area contributed by atoms with Crippen LogP contribution in [-0.4, -0.2) is 22.1 Å². The monoisotopic (exact) mass is 302 g/mol. The second kappa shape index (κ2) is 7.09. The van der Waals surface area contributed by atoms with Crippen molar-refractivity contribution >= 4 is 11.6 Å². The van der Waals surface area contributed by atoms with Gasteiger partial charge in [0.05, 0.1) is 6.04 Å². The number of hydrogen-bond acceptors (Lipinski definition) is 4. The molecular weight excluding hydrogens is 280 g/mol. The minimum atomic E-state index is -0.507. The number of aryl methyl sites for hydroxylation is 1. The lowest BCUT2D eigenvalue weighted by Crippen LogP contribution is -2.40. The van der Waals surface area contributed by atoms with Gasteiger partial charge in [-0.15, -0.1) is 5.10 Å². The maximum atomic E-state index is 12.0. The number of ether oxygens (including phenoxy) is 1. The molecule has 2 rings (SSSR count). The van der Waals surface area contributed by atoms with Crippen LogP contribution in [0.1, 0.15) is 26.0 Å². The highest BCUT2D eigenvalue weighted by Crippen LogP contribution is 2.22. The molecule has 1 aromatic heterocycles. The van der Waals surface area contributed by atoms with Crippen LogP contribution in [0.15, 0.2) is 30.3 Å². The molecule has 1 aromatic carbocycles. The molecular formula is C16H22N4O2. The minimum Gasteiger partial charge on any atom is -0.438 e. The van der Waals surface area contributed by atoms with Crippen molar-refractivity contribution in [2.45, 2.75) is 33.2 Å². The zero-order valence-corrected chi connectivity index (χ0v) is 13.1. The molecule has 118 valence electrons. The number of anilines is 1. The quantitative estimate of drug-likeness (QED) is 0.765. The first kappa shape index (κ1) is 16.0. The molecule has 0 spiro atoms. The van der Waals surface area contributed by atoms with Gasteiger partial charge in [0.2, 0.25) is 11.8 Å². The first-order chi connectivity index (χ1) is 10.5. The molecule has 4 N–H and O–H groups in total. The zero-order chi connectivity index (χ0) is 16.1. The second-order valence-corrected chi connectivity index (χ2v) is 5.42. The SMILES string of the molecule is CCC(C)C(N)C(=O)Nc1ccc(Oc2cc(C)[nH]n2)cc1. The summed E-state index contributed by atoms with van der Waals surface area (Å²) in [7, 11) is 0. The summed E-state index contributed by atoms with van der Waals surface area (Å²) in [6, 6.07) is 8.39. The standard InChI is InChI=1S/C16H22N4O2/c1-4-10(2)15(17)16(21)18-12-5-7-13(8-6-12)22-14-9-11(3)19-20-14/h5-10,15H,4,17H2,1-3H3,(H,18,21)(H,19,20). The van der Waals surface area contributed by atoms with E-state index in [-0.39, 0.29) is 11.8 Å². The molecule has 2 atom stereocenters. The summed E-state index contributed by atoms with van der Waals surface area (Å²) in [5.74, 6) is 1.13. The Morgan fingerprint density at radius 2 is 2.09 bits per heavy atom. The summed E-state index contributed by atoms with van der Waals surface area (Å²) in [6.45, 7) is 5.88. The van der Waals surface area contributed by atoms with E-state index < -0.39 is 6.04 Å². The van der Waals surface area contributed by atoms with Gasteiger partial charge in [-0.25, -0.2) is 0 Å². The number of H-pyrrole nitrogens is 1. The number of aromatic amines is 1. The smallest absolute Gasteiger partial charge is 0.241 e. The summed E-state index contributed by atoms with van der Waals surface area (Å²) in [5.41, 5.74) is 7.52. The molecule has 0 aliphatic rings. The zero-order valence-electron chi connectivity index (χ0n) is 13.1. The van der Waals surface area contributed by atoms with Gasteiger partial charge >= 0.3 is 0 Å². The number of carbonyl (C=O) groups is 1. The molecule has 0 aliphatic heterocycles. The molecule has 1 amide bonds. The van der Waals surface area contributed by atoms with Crippen molar-refractivity contribution in [1.29, 1.82) is 0 Å². The van der Waals surface area contributed by atoms with Crippen LogP contribution in [0.5, 0.6) is 11.6 Å². The number of nitrogens with zero attached hydrogens (tertiary/aromatic N) is 1. The van der Waals surface area contributed by atoms with E-state index in [1.807, 2.05) is 20.8 Å². The van der Waals surface area contributed by atoms with Gasteiger partial charge in [0.15, 0.2) is 0 Å². The Balaban J connectivity index is 1.95. The van der Waals surface area contributed by atoms with Crippen LogP contribution < -0.4 is 15.8 Å². The molecule has 1 heterocycles. The van der Waals surface area contributed by atoms with Crippen molar-refractivity contribution in [2.24, 2.45) is 11.7 Å². The van der Waals surface area contributed by atoms with Crippen molar-refractivity contribution in [2.75, 3.05) is 5.32 Å². The van der Waals surface area contributed by atoms with E-state index in [4.69, 9.17) is 10.5 Å². The third kappa shape index (κ3) is 4.08. The highest BCUT2D eigenvalue weighted by molar-refractivity contribution is 5.94. The van der Waals surface area contributed by atoms with Crippen LogP contribution in [0.2, 0.25) is 0 Å². The molecule has 2 aromatic rings. The van der Waals surface area contributed by atoms with E-state index in [1.165, 1.54) is 0 Å². The van der Waals surface area contributed by atoms with Crippen molar-refractivity contribution in [3.63, 3.8) is 0 Å². The molecule has 0 saturated carbocycles. The largest absolute Gasteiger partial charge is 0.438 e. The molecule has 6 heteroatoms. The molecule has 2 unspecified atom stereocenters.